The van der Waals surface area contributed by atoms with Gasteiger partial charge >= 0.3 is 11.9 Å². The number of ether oxygens (including phenoxy) is 1. The van der Waals surface area contributed by atoms with Crippen molar-refractivity contribution in [3.8, 4) is 0 Å². The molecule has 0 heterocycles. The van der Waals surface area contributed by atoms with Crippen LogP contribution in [0, 0.1) is 0 Å². The zero-order valence-corrected chi connectivity index (χ0v) is 32.9. The number of carboxylic acids is 1. The van der Waals surface area contributed by atoms with Gasteiger partial charge in [0, 0.05) is 12.8 Å². The van der Waals surface area contributed by atoms with Gasteiger partial charge in [0.05, 0.1) is 0 Å². The van der Waals surface area contributed by atoms with Crippen molar-refractivity contribution in [2.24, 2.45) is 0 Å². The fourth-order valence-corrected chi connectivity index (χ4v) is 6.09. The Morgan fingerprint density at radius 3 is 1.42 bits per heavy atom. The molecule has 0 spiro atoms. The predicted octanol–water partition coefficient (Wildman–Crippen LogP) is 14.9. The average molecular weight is 697 g/mol. The Kier molecular flexibility index (Phi) is 39.1. The zero-order chi connectivity index (χ0) is 36.4. The van der Waals surface area contributed by atoms with Crippen LogP contribution in [0.4, 0.5) is 0 Å². The number of carbonyl (C=O) groups excluding carboxylic acids is 1. The molecule has 1 atom stereocenters. The van der Waals surface area contributed by atoms with Gasteiger partial charge in [-0.15, -0.1) is 0 Å². The zero-order valence-electron chi connectivity index (χ0n) is 32.9. The fourth-order valence-electron chi connectivity index (χ4n) is 6.09. The third-order valence-corrected chi connectivity index (χ3v) is 9.21. The third-order valence-electron chi connectivity index (χ3n) is 9.21. The van der Waals surface area contributed by atoms with E-state index >= 15 is 0 Å². The van der Waals surface area contributed by atoms with Crippen molar-refractivity contribution in [2.75, 3.05) is 0 Å². The minimum absolute atomic E-state index is 0.0654. The van der Waals surface area contributed by atoms with E-state index in [1.807, 2.05) is 0 Å². The van der Waals surface area contributed by atoms with Crippen LogP contribution in [-0.2, 0) is 14.3 Å². The van der Waals surface area contributed by atoms with Crippen molar-refractivity contribution in [3.63, 3.8) is 0 Å². The molecule has 0 aliphatic rings. The highest BCUT2D eigenvalue weighted by Crippen LogP contribution is 2.16. The van der Waals surface area contributed by atoms with Gasteiger partial charge in [0.1, 0.15) is 6.10 Å². The number of allylic oxidation sites excluding steroid dienone is 9. The van der Waals surface area contributed by atoms with E-state index in [9.17, 15) is 9.59 Å². The van der Waals surface area contributed by atoms with Gasteiger partial charge in [-0.2, -0.15) is 0 Å². The van der Waals surface area contributed by atoms with Crippen molar-refractivity contribution in [2.45, 2.75) is 219 Å². The Morgan fingerprint density at radius 2 is 0.900 bits per heavy atom. The van der Waals surface area contributed by atoms with Gasteiger partial charge < -0.3 is 9.84 Å². The SMILES string of the molecule is CC/C=C\C/C=C\C/C=C\C(CCCCCCCCC(=O)O)OC(=O)CCCCCCCCCCCCC/C=C\C/C=C\CCCCCCC. The van der Waals surface area contributed by atoms with Crippen LogP contribution in [0.1, 0.15) is 213 Å². The number of aliphatic carboxylic acids is 1. The standard InChI is InChI=1S/C46H80O4/c1-3-5-7-9-11-13-14-15-16-17-18-19-20-21-22-23-24-25-26-27-29-35-39-43-46(49)50-44(40-36-32-28-12-10-8-6-4-2)41-37-33-30-31-34-38-42-45(47)48/h6,8,12,14-15,17-18,28,36,40,44H,3-5,7,9-11,13,16,19-27,29-35,37-39,41-43H2,1-2H3,(H,47,48)/b8-6-,15-14-,18-17-,28-12-,40-36-. The molecule has 0 aromatic heterocycles. The van der Waals surface area contributed by atoms with E-state index in [1.54, 1.807) is 0 Å². The van der Waals surface area contributed by atoms with Crippen molar-refractivity contribution < 1.29 is 19.4 Å². The summed E-state index contributed by atoms with van der Waals surface area (Å²) in [7, 11) is 0. The summed E-state index contributed by atoms with van der Waals surface area (Å²) in [4.78, 5) is 23.3. The molecule has 0 bridgehead atoms. The van der Waals surface area contributed by atoms with E-state index in [0.29, 0.717) is 6.42 Å². The number of carbonyl (C=O) groups is 2. The van der Waals surface area contributed by atoms with Crippen LogP contribution < -0.4 is 0 Å². The van der Waals surface area contributed by atoms with Gasteiger partial charge in [0.2, 0.25) is 0 Å². The second kappa shape index (κ2) is 41.1. The van der Waals surface area contributed by atoms with Crippen LogP contribution in [0.15, 0.2) is 60.8 Å². The minimum Gasteiger partial charge on any atom is -0.481 e. The maximum Gasteiger partial charge on any atom is 0.306 e. The molecule has 288 valence electrons. The Balaban J connectivity index is 3.92. The first-order chi connectivity index (χ1) is 24.6. The second-order valence-electron chi connectivity index (χ2n) is 14.1. The molecule has 50 heavy (non-hydrogen) atoms. The number of unbranched alkanes of at least 4 members (excludes halogenated alkanes) is 21. The summed E-state index contributed by atoms with van der Waals surface area (Å²) in [5, 5.41) is 8.78. The Hall–Kier alpha value is -2.36. The molecule has 1 unspecified atom stereocenters. The van der Waals surface area contributed by atoms with Gasteiger partial charge in [-0.25, -0.2) is 0 Å². The summed E-state index contributed by atoms with van der Waals surface area (Å²) in [6.07, 6.45) is 57.0. The molecule has 0 aromatic rings. The third kappa shape index (κ3) is 40.1. The Labute approximate surface area is 310 Å². The van der Waals surface area contributed by atoms with E-state index in [0.717, 1.165) is 83.5 Å². The molecule has 0 rings (SSSR count). The molecular weight excluding hydrogens is 617 g/mol. The van der Waals surface area contributed by atoms with Crippen molar-refractivity contribution in [1.29, 1.82) is 0 Å². The molecule has 1 N–H and O–H groups in total. The van der Waals surface area contributed by atoms with E-state index in [2.05, 4.69) is 74.6 Å². The van der Waals surface area contributed by atoms with Crippen molar-refractivity contribution >= 4 is 11.9 Å². The lowest BCUT2D eigenvalue weighted by Gasteiger charge is -2.14. The lowest BCUT2D eigenvalue weighted by Crippen LogP contribution is -2.16. The smallest absolute Gasteiger partial charge is 0.306 e. The van der Waals surface area contributed by atoms with Gasteiger partial charge in [-0.05, 0) is 83.1 Å². The second-order valence-corrected chi connectivity index (χ2v) is 14.1. The monoisotopic (exact) mass is 697 g/mol. The molecule has 0 aromatic carbocycles. The summed E-state index contributed by atoms with van der Waals surface area (Å²) in [5.74, 6) is -0.772. The number of hydrogen-bond donors (Lipinski definition) is 1. The number of carboxylic acid groups (broad SMARTS) is 1. The minimum atomic E-state index is -0.707. The first-order valence-corrected chi connectivity index (χ1v) is 21.3. The lowest BCUT2D eigenvalue weighted by atomic mass is 10.0. The molecular formula is C46H80O4. The molecule has 0 fully saturated rings. The van der Waals surface area contributed by atoms with Gasteiger partial charge in [-0.1, -0.05) is 178 Å². The van der Waals surface area contributed by atoms with E-state index in [1.165, 1.54) is 103 Å². The molecule has 0 saturated heterocycles. The number of esters is 1. The molecule has 0 saturated carbocycles. The normalized spacial score (nSPS) is 12.8. The van der Waals surface area contributed by atoms with E-state index in [-0.39, 0.29) is 18.5 Å². The van der Waals surface area contributed by atoms with Gasteiger partial charge in [-0.3, -0.25) is 9.59 Å². The van der Waals surface area contributed by atoms with E-state index in [4.69, 9.17) is 9.84 Å². The summed E-state index contributed by atoms with van der Waals surface area (Å²) in [5.41, 5.74) is 0. The van der Waals surface area contributed by atoms with Crippen LogP contribution in [-0.4, -0.2) is 23.1 Å². The van der Waals surface area contributed by atoms with Crippen molar-refractivity contribution in [3.05, 3.63) is 60.8 Å². The predicted molar refractivity (Wildman–Crippen MR) is 218 cm³/mol. The quantitative estimate of drug-likeness (QED) is 0.0396. The van der Waals surface area contributed by atoms with Crippen LogP contribution in [0.5, 0.6) is 0 Å². The maximum absolute atomic E-state index is 12.6. The maximum atomic E-state index is 12.6. The van der Waals surface area contributed by atoms with Crippen LogP contribution in [0.25, 0.3) is 0 Å². The molecule has 0 aliphatic heterocycles. The van der Waals surface area contributed by atoms with Crippen LogP contribution >= 0.6 is 0 Å². The highest BCUT2D eigenvalue weighted by molar-refractivity contribution is 5.69. The largest absolute Gasteiger partial charge is 0.481 e. The summed E-state index contributed by atoms with van der Waals surface area (Å²) < 4.78 is 5.90. The molecule has 4 nitrogen and oxygen atoms in total. The molecule has 0 aliphatic carbocycles. The van der Waals surface area contributed by atoms with Crippen LogP contribution in [0.3, 0.4) is 0 Å². The molecule has 4 heteroatoms. The van der Waals surface area contributed by atoms with Crippen molar-refractivity contribution in [1.82, 2.24) is 0 Å². The average Bonchev–Trinajstić information content (AvgIpc) is 3.10. The first kappa shape index (κ1) is 47.6. The lowest BCUT2D eigenvalue weighted by molar-refractivity contribution is -0.147. The van der Waals surface area contributed by atoms with Gasteiger partial charge in [0.25, 0.3) is 0 Å². The van der Waals surface area contributed by atoms with E-state index < -0.39 is 5.97 Å². The first-order valence-electron chi connectivity index (χ1n) is 21.3. The number of hydrogen-bond acceptors (Lipinski definition) is 3. The highest BCUT2D eigenvalue weighted by atomic mass is 16.5. The Morgan fingerprint density at radius 1 is 0.480 bits per heavy atom. The topological polar surface area (TPSA) is 63.6 Å². The van der Waals surface area contributed by atoms with Crippen LogP contribution in [0.2, 0.25) is 0 Å². The summed E-state index contributed by atoms with van der Waals surface area (Å²) in [6.45, 7) is 4.42. The Bertz CT molecular complexity index is 881. The molecule has 0 amide bonds. The summed E-state index contributed by atoms with van der Waals surface area (Å²) in [6, 6.07) is 0. The molecule has 0 radical (unpaired) electrons. The number of rotatable bonds is 38. The highest BCUT2D eigenvalue weighted by Gasteiger charge is 2.11. The van der Waals surface area contributed by atoms with Gasteiger partial charge in [0.15, 0.2) is 0 Å². The summed E-state index contributed by atoms with van der Waals surface area (Å²) >= 11 is 0. The fraction of sp³-hybridized carbons (Fsp3) is 0.739.